The fourth-order valence-electron chi connectivity index (χ4n) is 6.12. The van der Waals surface area contributed by atoms with E-state index in [9.17, 15) is 0 Å². The summed E-state index contributed by atoms with van der Waals surface area (Å²) < 4.78 is 59.4. The fraction of sp³-hybridized carbons (Fsp3) is 0.111. The zero-order chi connectivity index (χ0) is 32.0. The number of hydrogen-bond donors (Lipinski definition) is 0. The van der Waals surface area contributed by atoms with Crippen molar-refractivity contribution < 1.29 is 32.1 Å². The molecular weight excluding hydrogens is 587 g/mol. The van der Waals surface area contributed by atoms with E-state index in [1.165, 1.54) is 0 Å². The molecule has 3 heterocycles. The molecule has 0 saturated carbocycles. The van der Waals surface area contributed by atoms with Crippen LogP contribution < -0.4 is 18.9 Å². The number of amidine groups is 1. The predicted molar refractivity (Wildman–Crippen MR) is 177 cm³/mol. The van der Waals surface area contributed by atoms with Crippen LogP contribution in [-0.2, 0) is 0 Å². The maximum atomic E-state index is 17.6. The van der Waals surface area contributed by atoms with E-state index < -0.39 is 6.97 Å². The lowest BCUT2D eigenvalue weighted by atomic mass is 9.90. The summed E-state index contributed by atoms with van der Waals surface area (Å²) in [5.74, 6) is 2.37. The van der Waals surface area contributed by atoms with E-state index in [4.69, 9.17) is 23.9 Å². The van der Waals surface area contributed by atoms with Crippen LogP contribution in [0.2, 0.25) is 0 Å². The summed E-state index contributed by atoms with van der Waals surface area (Å²) in [5, 5.41) is 0. The zero-order valence-corrected chi connectivity index (χ0v) is 25.7. The molecule has 0 N–H and O–H groups in total. The molecule has 46 heavy (non-hydrogen) atoms. The first-order valence-electron chi connectivity index (χ1n) is 14.7. The highest BCUT2D eigenvalue weighted by molar-refractivity contribution is 6.63. The summed E-state index contributed by atoms with van der Waals surface area (Å²) in [7, 11) is 6.21. The standard InChI is InChI=1S/C36H30BF2N3O4/c1-43-27-15-25(16-28(19-27)44-2)31-21-33(23-11-7-5-8-12-23)41-35(31)40-36-32(26-17-29(45-3)20-30(18-26)46-4)22-34(42(36)37(41,38)39)24-13-9-6-10-14-24/h5-22H,1-4H3. The molecule has 0 radical (unpaired) electrons. The molecule has 5 aromatic rings. The highest BCUT2D eigenvalue weighted by Gasteiger charge is 2.53. The van der Waals surface area contributed by atoms with Gasteiger partial charge in [0.1, 0.15) is 23.0 Å². The van der Waals surface area contributed by atoms with Crippen molar-refractivity contribution in [1.29, 1.82) is 0 Å². The van der Waals surface area contributed by atoms with E-state index in [1.807, 2.05) is 60.7 Å². The quantitative estimate of drug-likeness (QED) is 0.167. The zero-order valence-electron chi connectivity index (χ0n) is 25.7. The van der Waals surface area contributed by atoms with Crippen molar-refractivity contribution in [3.05, 3.63) is 120 Å². The van der Waals surface area contributed by atoms with Crippen LogP contribution in [0.5, 0.6) is 23.0 Å². The van der Waals surface area contributed by atoms with Gasteiger partial charge >= 0.3 is 6.97 Å². The Balaban J connectivity index is 1.56. The van der Waals surface area contributed by atoms with Crippen molar-refractivity contribution in [2.45, 2.75) is 0 Å². The van der Waals surface area contributed by atoms with E-state index in [1.54, 1.807) is 77.0 Å². The molecule has 0 atom stereocenters. The number of aliphatic imine (C=N–C) groups is 1. The van der Waals surface area contributed by atoms with Gasteiger partial charge in [-0.1, -0.05) is 60.7 Å². The Morgan fingerprint density at radius 3 is 1.63 bits per heavy atom. The molecule has 7 nitrogen and oxygen atoms in total. The summed E-state index contributed by atoms with van der Waals surface area (Å²) >= 11 is 0. The number of halogens is 2. The van der Waals surface area contributed by atoms with Gasteiger partial charge in [-0.05, 0) is 58.1 Å². The molecule has 0 fully saturated rings. The molecule has 1 aromatic heterocycles. The van der Waals surface area contributed by atoms with Gasteiger partial charge in [0.05, 0.1) is 39.7 Å². The number of fused-ring (bicyclic) bond motifs is 2. The van der Waals surface area contributed by atoms with E-state index in [2.05, 4.69) is 0 Å². The van der Waals surface area contributed by atoms with E-state index in [0.29, 0.717) is 67.8 Å². The van der Waals surface area contributed by atoms with Gasteiger partial charge in [0, 0.05) is 29.0 Å². The van der Waals surface area contributed by atoms with Crippen LogP contribution in [-0.4, -0.2) is 55.9 Å². The number of aromatic nitrogens is 1. The number of hydrogen-bond acceptors (Lipinski definition) is 5. The van der Waals surface area contributed by atoms with Crippen molar-refractivity contribution in [2.24, 2.45) is 4.99 Å². The number of nitrogens with zero attached hydrogens (tertiary/aromatic N) is 3. The Morgan fingerprint density at radius 2 is 1.11 bits per heavy atom. The molecule has 7 rings (SSSR count). The van der Waals surface area contributed by atoms with Crippen LogP contribution in [0.3, 0.4) is 0 Å². The van der Waals surface area contributed by atoms with E-state index in [-0.39, 0.29) is 11.7 Å². The minimum Gasteiger partial charge on any atom is -0.497 e. The van der Waals surface area contributed by atoms with Crippen molar-refractivity contribution in [2.75, 3.05) is 28.4 Å². The Bertz CT molecular complexity index is 2030. The lowest BCUT2D eigenvalue weighted by Crippen LogP contribution is -2.53. The normalized spacial score (nSPS) is 14.7. The summed E-state index contributed by atoms with van der Waals surface area (Å²) in [6, 6.07) is 30.8. The molecule has 2 aliphatic heterocycles. The van der Waals surface area contributed by atoms with Gasteiger partial charge in [0.2, 0.25) is 5.82 Å². The van der Waals surface area contributed by atoms with Gasteiger partial charge in [0.25, 0.3) is 5.84 Å². The van der Waals surface area contributed by atoms with Crippen LogP contribution in [0.15, 0.2) is 114 Å². The van der Waals surface area contributed by atoms with Crippen LogP contribution >= 0.6 is 0 Å². The average molecular weight is 617 g/mol. The summed E-state index contributed by atoms with van der Waals surface area (Å²) in [6.07, 6.45) is 1.76. The molecule has 10 heteroatoms. The van der Waals surface area contributed by atoms with Gasteiger partial charge in [-0.25, -0.2) is 0 Å². The lowest BCUT2D eigenvalue weighted by Gasteiger charge is -2.32. The highest BCUT2D eigenvalue weighted by Crippen LogP contribution is 2.47. The molecule has 0 aliphatic carbocycles. The van der Waals surface area contributed by atoms with Crippen LogP contribution in [0.25, 0.3) is 28.0 Å². The third kappa shape index (κ3) is 4.73. The number of methoxy groups -OCH3 is 4. The monoisotopic (exact) mass is 617 g/mol. The molecule has 0 saturated heterocycles. The fourth-order valence-corrected chi connectivity index (χ4v) is 6.12. The molecule has 0 unspecified atom stereocenters. The maximum absolute atomic E-state index is 17.6. The first-order valence-corrected chi connectivity index (χ1v) is 14.7. The topological polar surface area (TPSA) is 57.2 Å². The second kappa shape index (κ2) is 11.4. The predicted octanol–water partition coefficient (Wildman–Crippen LogP) is 7.72. The second-order valence-corrected chi connectivity index (χ2v) is 10.9. The molecule has 0 bridgehead atoms. The minimum atomic E-state index is -4.48. The molecule has 0 amide bonds. The maximum Gasteiger partial charge on any atom is 0.642 e. The van der Waals surface area contributed by atoms with Crippen molar-refractivity contribution in [3.8, 4) is 45.4 Å². The van der Waals surface area contributed by atoms with Gasteiger partial charge in [-0.3, -0.25) is 0 Å². The molecule has 0 spiro atoms. The number of rotatable bonds is 8. The Kier molecular flexibility index (Phi) is 7.20. The van der Waals surface area contributed by atoms with Gasteiger partial charge in [0.15, 0.2) is 0 Å². The average Bonchev–Trinajstić information content (AvgIpc) is 3.69. The molecule has 4 aromatic carbocycles. The third-order valence-corrected chi connectivity index (χ3v) is 8.32. The van der Waals surface area contributed by atoms with Gasteiger partial charge < -0.3 is 36.5 Å². The van der Waals surface area contributed by atoms with Gasteiger partial charge in [-0.2, -0.15) is 0 Å². The van der Waals surface area contributed by atoms with Crippen molar-refractivity contribution in [1.82, 2.24) is 4.48 Å². The van der Waals surface area contributed by atoms with Gasteiger partial charge in [-0.15, -0.1) is 0 Å². The Hall–Kier alpha value is -5.64. The van der Waals surface area contributed by atoms with Crippen LogP contribution in [0.1, 0.15) is 11.1 Å². The van der Waals surface area contributed by atoms with Crippen LogP contribution in [0.4, 0.5) is 14.4 Å². The third-order valence-electron chi connectivity index (χ3n) is 8.32. The Labute approximate surface area is 265 Å². The van der Waals surface area contributed by atoms with E-state index in [0.717, 1.165) is 8.96 Å². The SMILES string of the molecule is COc1cc(OC)cc(C2=CC(c3ccccc3)=[N+]3C2=Nc2c(-c4cc(OC)cc(OC)c4)cc(-c4ccccc4)n2[B-]3(F)F)c1. The molecular formula is C36H30BF2N3O4. The van der Waals surface area contributed by atoms with E-state index >= 15 is 8.63 Å². The largest absolute Gasteiger partial charge is 0.642 e. The summed E-state index contributed by atoms with van der Waals surface area (Å²) in [5.41, 5.74) is 4.23. The molecule has 2 aliphatic rings. The number of ether oxygens (including phenoxy) is 4. The van der Waals surface area contributed by atoms with Crippen LogP contribution in [0, 0.1) is 0 Å². The summed E-state index contributed by atoms with van der Waals surface area (Å²) in [6.45, 7) is -4.48. The summed E-state index contributed by atoms with van der Waals surface area (Å²) in [4.78, 5) is 5.07. The van der Waals surface area contributed by atoms with Crippen molar-refractivity contribution in [3.63, 3.8) is 0 Å². The smallest absolute Gasteiger partial charge is 0.497 e. The van der Waals surface area contributed by atoms with Crippen molar-refractivity contribution >= 4 is 29.9 Å². The first kappa shape index (κ1) is 29.1. The number of allylic oxidation sites excluding steroid dienone is 1. The molecule has 230 valence electrons. The second-order valence-electron chi connectivity index (χ2n) is 10.9. The lowest BCUT2D eigenvalue weighted by molar-refractivity contribution is -0.291. The number of benzene rings is 4. The highest BCUT2D eigenvalue weighted by atomic mass is 19.2. The first-order chi connectivity index (χ1) is 22.4. The minimum absolute atomic E-state index is 0.125. The Morgan fingerprint density at radius 1 is 0.609 bits per heavy atom.